The number of pyridine rings is 1. The van der Waals surface area contributed by atoms with E-state index < -0.39 is 10.0 Å². The predicted molar refractivity (Wildman–Crippen MR) is 110 cm³/mol. The van der Waals surface area contributed by atoms with E-state index in [0.717, 1.165) is 11.1 Å². The number of aromatic nitrogens is 1. The van der Waals surface area contributed by atoms with Gasteiger partial charge in [0, 0.05) is 32.0 Å². The van der Waals surface area contributed by atoms with Crippen LogP contribution in [0.1, 0.15) is 30.9 Å². The van der Waals surface area contributed by atoms with Crippen LogP contribution in [-0.2, 0) is 21.4 Å². The van der Waals surface area contributed by atoms with Gasteiger partial charge in [-0.25, -0.2) is 8.42 Å². The highest BCUT2D eigenvalue weighted by Gasteiger charge is 2.33. The molecule has 0 saturated carbocycles. The smallest absolute Gasteiger partial charge is 0.243 e. The zero-order chi connectivity index (χ0) is 20.9. The molecule has 1 amide bonds. The Hall–Kier alpha value is -2.45. The maximum Gasteiger partial charge on any atom is 0.243 e. The summed E-state index contributed by atoms with van der Waals surface area (Å²) < 4.78 is 33.1. The summed E-state index contributed by atoms with van der Waals surface area (Å²) in [7, 11) is -3.66. The molecule has 1 aliphatic rings. The van der Waals surface area contributed by atoms with E-state index in [1.54, 1.807) is 30.6 Å². The second kappa shape index (κ2) is 9.37. The molecule has 1 atom stereocenters. The monoisotopic (exact) mass is 417 g/mol. The van der Waals surface area contributed by atoms with Crippen molar-refractivity contribution in [2.75, 3.05) is 19.7 Å². The third kappa shape index (κ3) is 5.13. The van der Waals surface area contributed by atoms with Crippen molar-refractivity contribution in [3.05, 3.63) is 53.9 Å². The average Bonchev–Trinajstić information content (AvgIpc) is 2.74. The van der Waals surface area contributed by atoms with Crippen LogP contribution in [0.15, 0.2) is 47.6 Å². The third-order valence-electron chi connectivity index (χ3n) is 5.03. The van der Waals surface area contributed by atoms with Crippen molar-refractivity contribution in [3.8, 4) is 5.75 Å². The normalized spacial score (nSPS) is 17.7. The number of amides is 1. The van der Waals surface area contributed by atoms with Crippen LogP contribution >= 0.6 is 0 Å². The number of carbonyl (C=O) groups is 1. The summed E-state index contributed by atoms with van der Waals surface area (Å²) in [4.78, 5) is 16.8. The third-order valence-corrected chi connectivity index (χ3v) is 6.89. The summed E-state index contributed by atoms with van der Waals surface area (Å²) in [6, 6.07) is 8.59. The van der Waals surface area contributed by atoms with Gasteiger partial charge in [0.05, 0.1) is 17.4 Å². The van der Waals surface area contributed by atoms with Crippen LogP contribution in [0.4, 0.5) is 0 Å². The van der Waals surface area contributed by atoms with Crippen molar-refractivity contribution >= 4 is 15.9 Å². The van der Waals surface area contributed by atoms with E-state index in [4.69, 9.17) is 4.74 Å². The molecule has 0 unspecified atom stereocenters. The summed E-state index contributed by atoms with van der Waals surface area (Å²) in [6.07, 6.45) is 4.71. The van der Waals surface area contributed by atoms with Gasteiger partial charge in [-0.15, -0.1) is 0 Å². The van der Waals surface area contributed by atoms with Crippen molar-refractivity contribution in [2.24, 2.45) is 5.92 Å². The van der Waals surface area contributed by atoms with Crippen LogP contribution in [0.2, 0.25) is 0 Å². The van der Waals surface area contributed by atoms with Gasteiger partial charge in [-0.1, -0.05) is 6.07 Å². The molecule has 8 heteroatoms. The fourth-order valence-corrected chi connectivity index (χ4v) is 5.07. The van der Waals surface area contributed by atoms with Crippen molar-refractivity contribution in [1.82, 2.24) is 14.6 Å². The molecule has 0 radical (unpaired) electrons. The molecule has 1 aliphatic heterocycles. The minimum absolute atomic E-state index is 0.128. The standard InChI is InChI=1S/C21H27N3O4S/c1-3-28-20-9-8-19(12-16(20)2)29(26,27)24-11-5-7-18(15-24)21(25)23-14-17-6-4-10-22-13-17/h4,6,8-10,12-13,18H,3,5,7,11,14-15H2,1-2H3,(H,23,25)/t18-/m1/s1. The number of hydrogen-bond acceptors (Lipinski definition) is 5. The number of carbonyl (C=O) groups excluding carboxylic acids is 1. The Morgan fingerprint density at radius 2 is 2.17 bits per heavy atom. The van der Waals surface area contributed by atoms with Gasteiger partial charge >= 0.3 is 0 Å². The van der Waals surface area contributed by atoms with E-state index in [2.05, 4.69) is 10.3 Å². The van der Waals surface area contributed by atoms with E-state index in [-0.39, 0.29) is 23.3 Å². The van der Waals surface area contributed by atoms with E-state index in [1.807, 2.05) is 26.0 Å². The summed E-state index contributed by atoms with van der Waals surface area (Å²) in [6.45, 7) is 5.23. The molecular weight excluding hydrogens is 390 g/mol. The number of nitrogens with one attached hydrogen (secondary N) is 1. The van der Waals surface area contributed by atoms with Gasteiger partial charge in [-0.2, -0.15) is 4.31 Å². The molecule has 29 heavy (non-hydrogen) atoms. The topological polar surface area (TPSA) is 88.6 Å². The van der Waals surface area contributed by atoms with Gasteiger partial charge in [-0.05, 0) is 62.1 Å². The summed E-state index contributed by atoms with van der Waals surface area (Å²) in [5.74, 6) is 0.188. The Morgan fingerprint density at radius 3 is 2.86 bits per heavy atom. The first kappa shape index (κ1) is 21.3. The fourth-order valence-electron chi connectivity index (χ4n) is 3.46. The highest BCUT2D eigenvalue weighted by molar-refractivity contribution is 7.89. The van der Waals surface area contributed by atoms with Crippen molar-refractivity contribution in [2.45, 2.75) is 38.1 Å². The molecule has 3 rings (SSSR count). The molecule has 0 aliphatic carbocycles. The number of rotatable bonds is 7. The van der Waals surface area contributed by atoms with Crippen molar-refractivity contribution in [1.29, 1.82) is 0 Å². The molecule has 156 valence electrons. The minimum atomic E-state index is -3.66. The SMILES string of the molecule is CCOc1ccc(S(=O)(=O)N2CCC[C@@H](C(=O)NCc3cccnc3)C2)cc1C. The quantitative estimate of drug-likeness (QED) is 0.748. The number of ether oxygens (including phenoxy) is 1. The molecule has 1 aromatic carbocycles. The van der Waals surface area contributed by atoms with Gasteiger partial charge in [-0.3, -0.25) is 9.78 Å². The number of piperidine rings is 1. The molecule has 1 fully saturated rings. The van der Waals surface area contributed by atoms with Crippen LogP contribution in [-0.4, -0.2) is 43.3 Å². The largest absolute Gasteiger partial charge is 0.494 e. The lowest BCUT2D eigenvalue weighted by Gasteiger charge is -2.31. The number of aryl methyl sites for hydroxylation is 1. The van der Waals surface area contributed by atoms with E-state index in [0.29, 0.717) is 38.3 Å². The zero-order valence-corrected chi connectivity index (χ0v) is 17.6. The lowest BCUT2D eigenvalue weighted by atomic mass is 9.99. The number of sulfonamides is 1. The summed E-state index contributed by atoms with van der Waals surface area (Å²) in [5.41, 5.74) is 1.68. The number of nitrogens with zero attached hydrogens (tertiary/aromatic N) is 2. The van der Waals surface area contributed by atoms with Crippen molar-refractivity contribution < 1.29 is 17.9 Å². The predicted octanol–water partition coefficient (Wildman–Crippen LogP) is 2.51. The van der Waals surface area contributed by atoms with E-state index in [9.17, 15) is 13.2 Å². The van der Waals surface area contributed by atoms with Gasteiger partial charge < -0.3 is 10.1 Å². The number of benzene rings is 1. The van der Waals surface area contributed by atoms with Crippen LogP contribution in [0.25, 0.3) is 0 Å². The van der Waals surface area contributed by atoms with Crippen LogP contribution in [0, 0.1) is 12.8 Å². The molecule has 0 bridgehead atoms. The lowest BCUT2D eigenvalue weighted by molar-refractivity contribution is -0.126. The first-order valence-corrected chi connectivity index (χ1v) is 11.3. The van der Waals surface area contributed by atoms with Crippen LogP contribution in [0.5, 0.6) is 5.75 Å². The maximum absolute atomic E-state index is 13.1. The second-order valence-corrected chi connectivity index (χ2v) is 9.08. The Labute approximate surface area is 172 Å². The first-order valence-electron chi connectivity index (χ1n) is 9.82. The Balaban J connectivity index is 1.67. The van der Waals surface area contributed by atoms with Crippen LogP contribution < -0.4 is 10.1 Å². The van der Waals surface area contributed by atoms with Crippen molar-refractivity contribution in [3.63, 3.8) is 0 Å². The molecule has 7 nitrogen and oxygen atoms in total. The number of hydrogen-bond donors (Lipinski definition) is 1. The highest BCUT2D eigenvalue weighted by Crippen LogP contribution is 2.27. The average molecular weight is 418 g/mol. The highest BCUT2D eigenvalue weighted by atomic mass is 32.2. The Kier molecular flexibility index (Phi) is 6.87. The maximum atomic E-state index is 13.1. The van der Waals surface area contributed by atoms with Gasteiger partial charge in [0.2, 0.25) is 15.9 Å². The van der Waals surface area contributed by atoms with Gasteiger partial charge in [0.1, 0.15) is 5.75 Å². The Bertz CT molecular complexity index is 948. The fraction of sp³-hybridized carbons (Fsp3) is 0.429. The molecule has 0 spiro atoms. The van der Waals surface area contributed by atoms with Crippen LogP contribution in [0.3, 0.4) is 0 Å². The molecule has 2 aromatic rings. The Morgan fingerprint density at radius 1 is 1.34 bits per heavy atom. The molecule has 2 heterocycles. The molecular formula is C21H27N3O4S. The molecule has 1 aromatic heterocycles. The second-order valence-electron chi connectivity index (χ2n) is 7.14. The van der Waals surface area contributed by atoms with Gasteiger partial charge in [0.25, 0.3) is 0 Å². The zero-order valence-electron chi connectivity index (χ0n) is 16.8. The van der Waals surface area contributed by atoms with E-state index in [1.165, 1.54) is 4.31 Å². The minimum Gasteiger partial charge on any atom is -0.494 e. The summed E-state index contributed by atoms with van der Waals surface area (Å²) >= 11 is 0. The summed E-state index contributed by atoms with van der Waals surface area (Å²) in [5, 5.41) is 2.89. The molecule has 1 N–H and O–H groups in total. The first-order chi connectivity index (χ1) is 13.9. The van der Waals surface area contributed by atoms with E-state index >= 15 is 0 Å². The van der Waals surface area contributed by atoms with Gasteiger partial charge in [0.15, 0.2) is 0 Å². The lowest BCUT2D eigenvalue weighted by Crippen LogP contribution is -2.45. The molecule has 1 saturated heterocycles.